The molecule has 4 rings (SSSR count). The van der Waals surface area contributed by atoms with Gasteiger partial charge in [0.2, 0.25) is 0 Å². The lowest BCUT2D eigenvalue weighted by molar-refractivity contribution is -0.131. The van der Waals surface area contributed by atoms with Gasteiger partial charge in [-0.25, -0.2) is 4.79 Å². The number of hydrogen-bond donors (Lipinski definition) is 2. The molecule has 0 radical (unpaired) electrons. The number of amides is 3. The summed E-state index contributed by atoms with van der Waals surface area (Å²) in [5.41, 5.74) is 1.19. The summed E-state index contributed by atoms with van der Waals surface area (Å²) in [6.45, 7) is 6.18. The predicted octanol–water partition coefficient (Wildman–Crippen LogP) is 4.22. The van der Waals surface area contributed by atoms with E-state index >= 15 is 0 Å². The van der Waals surface area contributed by atoms with Crippen molar-refractivity contribution in [3.63, 3.8) is 0 Å². The fourth-order valence-corrected chi connectivity index (χ4v) is 4.18. The number of nitrogens with one attached hydrogen (secondary N) is 1. The van der Waals surface area contributed by atoms with Crippen LogP contribution in [0, 0.1) is 0 Å². The number of β-amino-alcohol motifs (C(OH)–C–C–N with tert-alkyl or cyclic N) is 1. The van der Waals surface area contributed by atoms with Crippen molar-refractivity contribution in [3.8, 4) is 5.75 Å². The van der Waals surface area contributed by atoms with Crippen molar-refractivity contribution in [1.29, 1.82) is 0 Å². The van der Waals surface area contributed by atoms with Gasteiger partial charge in [0.15, 0.2) is 5.54 Å². The van der Waals surface area contributed by atoms with Gasteiger partial charge in [0.25, 0.3) is 5.91 Å². The van der Waals surface area contributed by atoms with E-state index in [0.717, 1.165) is 4.90 Å². The maximum Gasteiger partial charge on any atom is 0.325 e. The highest BCUT2D eigenvalue weighted by molar-refractivity contribution is 6.09. The molecular weight excluding hydrogens is 428 g/mol. The summed E-state index contributed by atoms with van der Waals surface area (Å²) in [5.74, 6) is 0.190. The molecule has 0 bridgehead atoms. The minimum Gasteiger partial charge on any atom is -0.491 e. The van der Waals surface area contributed by atoms with Crippen LogP contribution in [0.25, 0.3) is 0 Å². The van der Waals surface area contributed by atoms with Gasteiger partial charge in [0.1, 0.15) is 18.5 Å². The van der Waals surface area contributed by atoms with Crippen LogP contribution < -0.4 is 10.1 Å². The van der Waals surface area contributed by atoms with Crippen molar-refractivity contribution in [2.24, 2.45) is 0 Å². The second kappa shape index (κ2) is 9.31. The van der Waals surface area contributed by atoms with Crippen LogP contribution in [-0.2, 0) is 15.7 Å². The van der Waals surface area contributed by atoms with Gasteiger partial charge in [-0.1, -0.05) is 93.6 Å². The molecule has 2 N–H and O–H groups in total. The number of hydrogen-bond acceptors (Lipinski definition) is 4. The lowest BCUT2D eigenvalue weighted by Gasteiger charge is -2.28. The number of aliphatic hydroxyl groups is 1. The lowest BCUT2D eigenvalue weighted by atomic mass is 9.82. The topological polar surface area (TPSA) is 78.9 Å². The van der Waals surface area contributed by atoms with Crippen molar-refractivity contribution >= 4 is 11.9 Å². The Hall–Kier alpha value is -3.64. The molecule has 3 aromatic rings. The number of rotatable bonds is 7. The Kier molecular flexibility index (Phi) is 6.44. The molecule has 0 saturated carbocycles. The molecule has 34 heavy (non-hydrogen) atoms. The zero-order chi connectivity index (χ0) is 24.3. The summed E-state index contributed by atoms with van der Waals surface area (Å²) in [6, 6.07) is 25.4. The van der Waals surface area contributed by atoms with Crippen molar-refractivity contribution in [3.05, 3.63) is 102 Å². The summed E-state index contributed by atoms with van der Waals surface area (Å²) in [7, 11) is 0. The molecule has 1 saturated heterocycles. The third-order valence-corrected chi connectivity index (χ3v) is 6.08. The van der Waals surface area contributed by atoms with Crippen LogP contribution >= 0.6 is 0 Å². The Morgan fingerprint density at radius 2 is 1.41 bits per heavy atom. The smallest absolute Gasteiger partial charge is 0.325 e. The Morgan fingerprint density at radius 1 is 0.882 bits per heavy atom. The molecule has 0 spiro atoms. The third-order valence-electron chi connectivity index (χ3n) is 6.08. The number of carbonyl (C=O) groups is 2. The van der Waals surface area contributed by atoms with Crippen LogP contribution in [0.4, 0.5) is 4.79 Å². The standard InChI is InChI=1S/C28H30N2O4/c1-27(2,3)20-14-16-24(17-15-20)34-19-23(31)18-30-25(32)28(29-26(30)33,21-10-6-4-7-11-21)22-12-8-5-9-13-22/h4-17,23,31H,18-19H2,1-3H3,(H,29,33). The zero-order valence-electron chi connectivity index (χ0n) is 19.7. The largest absolute Gasteiger partial charge is 0.491 e. The molecule has 1 fully saturated rings. The maximum atomic E-state index is 13.7. The second-order valence-corrected chi connectivity index (χ2v) is 9.57. The monoisotopic (exact) mass is 458 g/mol. The van der Waals surface area contributed by atoms with E-state index in [1.807, 2.05) is 84.9 Å². The molecule has 6 nitrogen and oxygen atoms in total. The normalized spacial score (nSPS) is 16.3. The van der Waals surface area contributed by atoms with E-state index < -0.39 is 23.6 Å². The molecule has 1 aliphatic heterocycles. The van der Waals surface area contributed by atoms with Crippen molar-refractivity contribution in [2.75, 3.05) is 13.2 Å². The summed E-state index contributed by atoms with van der Waals surface area (Å²) in [5, 5.41) is 13.5. The summed E-state index contributed by atoms with van der Waals surface area (Å²) < 4.78 is 5.72. The van der Waals surface area contributed by atoms with Gasteiger partial charge >= 0.3 is 6.03 Å². The predicted molar refractivity (Wildman–Crippen MR) is 131 cm³/mol. The van der Waals surface area contributed by atoms with E-state index in [4.69, 9.17) is 4.74 Å². The summed E-state index contributed by atoms with van der Waals surface area (Å²) in [6.07, 6.45) is -1.04. The lowest BCUT2D eigenvalue weighted by Crippen LogP contribution is -2.46. The quantitative estimate of drug-likeness (QED) is 0.520. The molecule has 1 atom stereocenters. The Bertz CT molecular complexity index is 1100. The highest BCUT2D eigenvalue weighted by Gasteiger charge is 2.53. The molecule has 1 aliphatic rings. The second-order valence-electron chi connectivity index (χ2n) is 9.57. The van der Waals surface area contributed by atoms with Crippen LogP contribution in [0.2, 0.25) is 0 Å². The van der Waals surface area contributed by atoms with Gasteiger partial charge in [-0.05, 0) is 34.2 Å². The summed E-state index contributed by atoms with van der Waals surface area (Å²) in [4.78, 5) is 27.7. The molecule has 3 aromatic carbocycles. The van der Waals surface area contributed by atoms with Gasteiger partial charge in [-0.15, -0.1) is 0 Å². The number of ether oxygens (including phenoxy) is 1. The Morgan fingerprint density at radius 3 is 1.91 bits per heavy atom. The molecule has 0 aliphatic carbocycles. The molecule has 0 aromatic heterocycles. The average Bonchev–Trinajstić information content (AvgIpc) is 3.09. The van der Waals surface area contributed by atoms with Crippen LogP contribution in [0.3, 0.4) is 0 Å². The summed E-state index contributed by atoms with van der Waals surface area (Å²) >= 11 is 0. The van der Waals surface area contributed by atoms with Crippen LogP contribution in [0.15, 0.2) is 84.9 Å². The number of imide groups is 1. The van der Waals surface area contributed by atoms with E-state index in [1.165, 1.54) is 5.56 Å². The highest BCUT2D eigenvalue weighted by Crippen LogP contribution is 2.36. The van der Waals surface area contributed by atoms with Crippen LogP contribution in [0.1, 0.15) is 37.5 Å². The fraction of sp³-hybridized carbons (Fsp3) is 0.286. The van der Waals surface area contributed by atoms with E-state index in [0.29, 0.717) is 16.9 Å². The highest BCUT2D eigenvalue weighted by atomic mass is 16.5. The van der Waals surface area contributed by atoms with E-state index in [2.05, 4.69) is 26.1 Å². The molecular formula is C28H30N2O4. The van der Waals surface area contributed by atoms with Gasteiger partial charge in [-0.3, -0.25) is 9.69 Å². The Balaban J connectivity index is 1.49. The molecule has 3 amide bonds. The van der Waals surface area contributed by atoms with Crippen molar-refractivity contribution in [2.45, 2.75) is 37.8 Å². The van der Waals surface area contributed by atoms with Gasteiger partial charge < -0.3 is 15.2 Å². The number of urea groups is 1. The average molecular weight is 459 g/mol. The molecule has 6 heteroatoms. The molecule has 176 valence electrons. The number of benzene rings is 3. The van der Waals surface area contributed by atoms with E-state index in [9.17, 15) is 14.7 Å². The van der Waals surface area contributed by atoms with Crippen molar-refractivity contribution in [1.82, 2.24) is 10.2 Å². The molecule has 1 heterocycles. The SMILES string of the molecule is CC(C)(C)c1ccc(OCC(O)CN2C(=O)NC(c3ccccc3)(c3ccccc3)C2=O)cc1. The number of carbonyl (C=O) groups excluding carboxylic acids is 2. The number of nitrogens with zero attached hydrogens (tertiary/aromatic N) is 1. The third kappa shape index (κ3) is 4.54. The molecule has 1 unspecified atom stereocenters. The van der Waals surface area contributed by atoms with Crippen LogP contribution in [-0.4, -0.2) is 41.2 Å². The van der Waals surface area contributed by atoms with Gasteiger partial charge in [-0.2, -0.15) is 0 Å². The first-order valence-electron chi connectivity index (χ1n) is 11.4. The minimum atomic E-state index is -1.34. The van der Waals surface area contributed by atoms with Crippen molar-refractivity contribution < 1.29 is 19.4 Å². The van der Waals surface area contributed by atoms with E-state index in [1.54, 1.807) is 0 Å². The van der Waals surface area contributed by atoms with Crippen LogP contribution in [0.5, 0.6) is 5.75 Å². The van der Waals surface area contributed by atoms with Gasteiger partial charge in [0, 0.05) is 0 Å². The first-order valence-corrected chi connectivity index (χ1v) is 11.4. The Labute approximate surface area is 200 Å². The first-order chi connectivity index (χ1) is 16.2. The fourth-order valence-electron chi connectivity index (χ4n) is 4.18. The number of aliphatic hydroxyl groups excluding tert-OH is 1. The maximum absolute atomic E-state index is 13.7. The zero-order valence-corrected chi connectivity index (χ0v) is 19.7. The first kappa shape index (κ1) is 23.5. The van der Waals surface area contributed by atoms with E-state index in [-0.39, 0.29) is 18.6 Å². The van der Waals surface area contributed by atoms with Gasteiger partial charge in [0.05, 0.1) is 6.54 Å². The minimum absolute atomic E-state index is 0.0333.